The van der Waals surface area contributed by atoms with E-state index in [1.165, 1.54) is 12.1 Å². The molecule has 0 aliphatic heterocycles. The summed E-state index contributed by atoms with van der Waals surface area (Å²) in [5.41, 5.74) is 7.48. The van der Waals surface area contributed by atoms with Crippen LogP contribution in [0.5, 0.6) is 5.75 Å². The molecular weight excluding hydrogens is 246 g/mol. The lowest BCUT2D eigenvalue weighted by Crippen LogP contribution is -2.36. The van der Waals surface area contributed by atoms with Crippen LogP contribution in [0.4, 0.5) is 0 Å². The number of hydrogen-bond donors (Lipinski definition) is 4. The van der Waals surface area contributed by atoms with Gasteiger partial charge in [-0.2, -0.15) is 0 Å². The lowest BCUT2D eigenvalue weighted by Gasteiger charge is -2.16. The maximum absolute atomic E-state index is 10.7. The third-order valence-corrected chi connectivity index (χ3v) is 2.80. The van der Waals surface area contributed by atoms with E-state index < -0.39 is 18.1 Å². The smallest absolute Gasteiger partial charge is 0.323 e. The van der Waals surface area contributed by atoms with Crippen LogP contribution in [0.3, 0.4) is 0 Å². The molecule has 2 atom stereocenters. The molecule has 0 radical (unpaired) electrons. The van der Waals surface area contributed by atoms with E-state index in [1.54, 1.807) is 6.07 Å². The summed E-state index contributed by atoms with van der Waals surface area (Å²) in [6.45, 7) is 3.88. The van der Waals surface area contributed by atoms with Gasteiger partial charge in [-0.1, -0.05) is 17.7 Å². The zero-order valence-electron chi connectivity index (χ0n) is 11.0. The highest BCUT2D eigenvalue weighted by atomic mass is 16.4. The Hall–Kier alpha value is -1.85. The summed E-state index contributed by atoms with van der Waals surface area (Å²) in [5, 5.41) is 28.3. The Labute approximate surface area is 112 Å². The fourth-order valence-electron chi connectivity index (χ4n) is 1.61. The van der Waals surface area contributed by atoms with Crippen molar-refractivity contribution in [3.8, 4) is 5.75 Å². The molecule has 0 aliphatic carbocycles. The number of aromatic hydroxyl groups is 1. The lowest BCUT2D eigenvalue weighted by molar-refractivity contribution is -0.141. The number of aliphatic carboxylic acids is 1. The number of carboxylic acids is 1. The molecule has 0 bridgehead atoms. The second kappa shape index (κ2) is 6.36. The first-order chi connectivity index (χ1) is 8.82. The molecule has 1 aromatic rings. The van der Waals surface area contributed by atoms with Crippen molar-refractivity contribution in [3.05, 3.63) is 41.0 Å². The molecule has 1 rings (SSSR count). The third kappa shape index (κ3) is 4.08. The van der Waals surface area contributed by atoms with Gasteiger partial charge in [-0.25, -0.2) is 0 Å². The van der Waals surface area contributed by atoms with Crippen molar-refractivity contribution in [2.45, 2.75) is 32.4 Å². The number of rotatable bonds is 5. The monoisotopic (exact) mass is 265 g/mol. The van der Waals surface area contributed by atoms with Gasteiger partial charge in [-0.15, -0.1) is 0 Å². The van der Waals surface area contributed by atoms with E-state index in [9.17, 15) is 15.0 Å². The van der Waals surface area contributed by atoms with Gasteiger partial charge in [0.2, 0.25) is 0 Å². The molecule has 0 amide bonds. The van der Waals surface area contributed by atoms with E-state index in [0.717, 1.165) is 5.57 Å². The first kappa shape index (κ1) is 15.2. The highest BCUT2D eigenvalue weighted by Crippen LogP contribution is 2.24. The summed E-state index contributed by atoms with van der Waals surface area (Å²) in [6.07, 6.45) is 1.14. The molecule has 5 N–H and O–H groups in total. The molecule has 2 unspecified atom stereocenters. The number of phenolic OH excluding ortho intramolecular Hbond substituents is 1. The van der Waals surface area contributed by atoms with Gasteiger partial charge in [0.15, 0.2) is 0 Å². The molecule has 0 spiro atoms. The summed E-state index contributed by atoms with van der Waals surface area (Å²) < 4.78 is 0. The standard InChI is InChI=1S/C14H19NO4/c1-8(2)3-4-9-7-10(5-6-11(9)16)13(17)12(15)14(18)19/h3,5-7,12-13,16-17H,4,15H2,1-2H3,(H,18,19). The average molecular weight is 265 g/mol. The van der Waals surface area contributed by atoms with Crippen molar-refractivity contribution in [1.82, 2.24) is 0 Å². The van der Waals surface area contributed by atoms with Crippen LogP contribution < -0.4 is 5.73 Å². The largest absolute Gasteiger partial charge is 0.508 e. The molecular formula is C14H19NO4. The zero-order valence-corrected chi connectivity index (χ0v) is 11.0. The number of benzene rings is 1. The molecule has 0 heterocycles. The number of nitrogens with two attached hydrogens (primary N) is 1. The third-order valence-electron chi connectivity index (χ3n) is 2.80. The lowest BCUT2D eigenvalue weighted by atomic mass is 9.98. The normalized spacial score (nSPS) is 13.7. The number of aliphatic hydroxyl groups is 1. The second-order valence-corrected chi connectivity index (χ2v) is 4.68. The van der Waals surface area contributed by atoms with Gasteiger partial charge < -0.3 is 21.1 Å². The first-order valence-corrected chi connectivity index (χ1v) is 5.94. The fourth-order valence-corrected chi connectivity index (χ4v) is 1.61. The minimum Gasteiger partial charge on any atom is -0.508 e. The van der Waals surface area contributed by atoms with Crippen LogP contribution in [0.2, 0.25) is 0 Å². The fraction of sp³-hybridized carbons (Fsp3) is 0.357. The Morgan fingerprint density at radius 1 is 1.42 bits per heavy atom. The van der Waals surface area contributed by atoms with Crippen LogP contribution in [0.25, 0.3) is 0 Å². The molecule has 0 saturated heterocycles. The van der Waals surface area contributed by atoms with Crippen molar-refractivity contribution in [2.75, 3.05) is 0 Å². The minimum atomic E-state index is -1.39. The summed E-state index contributed by atoms with van der Waals surface area (Å²) in [4.78, 5) is 10.7. The van der Waals surface area contributed by atoms with Crippen molar-refractivity contribution < 1.29 is 20.1 Å². The Morgan fingerprint density at radius 3 is 2.58 bits per heavy atom. The van der Waals surface area contributed by atoms with Crippen LogP contribution in [0, 0.1) is 0 Å². The van der Waals surface area contributed by atoms with Gasteiger partial charge in [-0.3, -0.25) is 4.79 Å². The molecule has 0 aromatic heterocycles. The van der Waals surface area contributed by atoms with Gasteiger partial charge in [0, 0.05) is 0 Å². The minimum absolute atomic E-state index is 0.109. The molecule has 104 valence electrons. The van der Waals surface area contributed by atoms with Gasteiger partial charge in [-0.05, 0) is 43.5 Å². The first-order valence-electron chi connectivity index (χ1n) is 5.94. The van der Waals surface area contributed by atoms with Gasteiger partial charge in [0.05, 0.1) is 0 Å². The Morgan fingerprint density at radius 2 is 2.05 bits per heavy atom. The maximum atomic E-state index is 10.7. The van der Waals surface area contributed by atoms with E-state index in [1.807, 2.05) is 19.9 Å². The van der Waals surface area contributed by atoms with Crippen LogP contribution in [-0.2, 0) is 11.2 Å². The number of carbonyl (C=O) groups is 1. The van der Waals surface area contributed by atoms with E-state index in [0.29, 0.717) is 17.5 Å². The van der Waals surface area contributed by atoms with Gasteiger partial charge in [0.1, 0.15) is 17.9 Å². The van der Waals surface area contributed by atoms with Crippen LogP contribution in [0.15, 0.2) is 29.8 Å². The number of phenols is 1. The Kier molecular flexibility index (Phi) is 5.09. The van der Waals surface area contributed by atoms with Crippen molar-refractivity contribution in [3.63, 3.8) is 0 Å². The number of allylic oxidation sites excluding steroid dienone is 2. The van der Waals surface area contributed by atoms with Crippen LogP contribution in [-0.4, -0.2) is 27.3 Å². The Bertz CT molecular complexity index is 492. The molecule has 0 aliphatic rings. The molecule has 0 saturated carbocycles. The van der Waals surface area contributed by atoms with Crippen LogP contribution >= 0.6 is 0 Å². The SMILES string of the molecule is CC(C)=CCc1cc(C(O)C(N)C(=O)O)ccc1O. The van der Waals surface area contributed by atoms with E-state index in [-0.39, 0.29) is 5.75 Å². The van der Waals surface area contributed by atoms with Gasteiger partial charge >= 0.3 is 5.97 Å². The average Bonchev–Trinajstić information content (AvgIpc) is 2.35. The number of aliphatic hydroxyl groups excluding tert-OH is 1. The van der Waals surface area contributed by atoms with Crippen molar-refractivity contribution >= 4 is 5.97 Å². The maximum Gasteiger partial charge on any atom is 0.323 e. The highest BCUT2D eigenvalue weighted by molar-refractivity contribution is 5.74. The molecule has 5 heteroatoms. The molecule has 19 heavy (non-hydrogen) atoms. The van der Waals surface area contributed by atoms with Crippen molar-refractivity contribution in [1.29, 1.82) is 0 Å². The molecule has 1 aromatic carbocycles. The summed E-state index contributed by atoms with van der Waals surface area (Å²) in [6, 6.07) is 3.08. The Balaban J connectivity index is 3.01. The number of hydrogen-bond acceptors (Lipinski definition) is 4. The summed E-state index contributed by atoms with van der Waals surface area (Å²) in [5.74, 6) is -1.16. The summed E-state index contributed by atoms with van der Waals surface area (Å²) in [7, 11) is 0. The predicted octanol–water partition coefficient (Wildman–Crippen LogP) is 1.35. The molecule has 5 nitrogen and oxygen atoms in total. The predicted molar refractivity (Wildman–Crippen MR) is 71.8 cm³/mol. The second-order valence-electron chi connectivity index (χ2n) is 4.68. The number of carboxylic acid groups (broad SMARTS) is 1. The highest BCUT2D eigenvalue weighted by Gasteiger charge is 2.23. The van der Waals surface area contributed by atoms with E-state index in [2.05, 4.69) is 0 Å². The van der Waals surface area contributed by atoms with E-state index >= 15 is 0 Å². The quantitative estimate of drug-likeness (QED) is 0.602. The summed E-state index contributed by atoms with van der Waals surface area (Å²) >= 11 is 0. The van der Waals surface area contributed by atoms with Crippen LogP contribution in [0.1, 0.15) is 31.1 Å². The molecule has 0 fully saturated rings. The van der Waals surface area contributed by atoms with Crippen molar-refractivity contribution in [2.24, 2.45) is 5.73 Å². The van der Waals surface area contributed by atoms with Gasteiger partial charge in [0.25, 0.3) is 0 Å². The topological polar surface area (TPSA) is 104 Å². The van der Waals surface area contributed by atoms with E-state index in [4.69, 9.17) is 10.8 Å². The zero-order chi connectivity index (χ0) is 14.6.